The molecule has 0 saturated carbocycles. The zero-order valence-electron chi connectivity index (χ0n) is 6.56. The van der Waals surface area contributed by atoms with Crippen molar-refractivity contribution in [3.8, 4) is 0 Å². The number of aliphatic hydroxyl groups is 1. The Kier molecular flexibility index (Phi) is 4.56. The first kappa shape index (κ1) is 9.85. The average molecular weight is 150 g/mol. The van der Waals surface area contributed by atoms with Gasteiger partial charge in [-0.05, 0) is 6.42 Å². The van der Waals surface area contributed by atoms with E-state index in [0.29, 0.717) is 13.0 Å². The van der Waals surface area contributed by atoms with Gasteiger partial charge in [0.25, 0.3) is 0 Å². The molecule has 3 heteroatoms. The van der Waals surface area contributed by atoms with E-state index >= 15 is 0 Å². The van der Waals surface area contributed by atoms with E-state index < -0.39 is 12.3 Å². The molecule has 0 bridgehead atoms. The molecule has 2 nitrogen and oxygen atoms in total. The van der Waals surface area contributed by atoms with Crippen molar-refractivity contribution in [2.75, 3.05) is 20.3 Å². The third-order valence-corrected chi connectivity index (χ3v) is 1.67. The van der Waals surface area contributed by atoms with Crippen LogP contribution in [0.5, 0.6) is 0 Å². The summed E-state index contributed by atoms with van der Waals surface area (Å²) in [4.78, 5) is 0. The minimum Gasteiger partial charge on any atom is -0.393 e. The van der Waals surface area contributed by atoms with Gasteiger partial charge in [0.2, 0.25) is 0 Å². The minimum atomic E-state index is -1.43. The van der Waals surface area contributed by atoms with Crippen molar-refractivity contribution in [3.63, 3.8) is 0 Å². The molecule has 1 atom stereocenters. The molecule has 0 saturated heterocycles. The Morgan fingerprint density at radius 3 is 2.50 bits per heavy atom. The molecule has 0 aromatic carbocycles. The van der Waals surface area contributed by atoms with Crippen molar-refractivity contribution in [2.45, 2.75) is 25.4 Å². The number of hydrogen-bond donors (Lipinski definition) is 1. The zero-order valence-corrected chi connectivity index (χ0v) is 6.56. The second-order valence-electron chi connectivity index (χ2n) is 2.41. The summed E-state index contributed by atoms with van der Waals surface area (Å²) >= 11 is 0. The number of halogens is 1. The van der Waals surface area contributed by atoms with Crippen LogP contribution >= 0.6 is 0 Å². The molecule has 0 aliphatic rings. The van der Waals surface area contributed by atoms with E-state index in [0.717, 1.165) is 0 Å². The molecular formula is C7H15FO2. The molecule has 0 heterocycles. The number of aliphatic hydroxyl groups excluding tert-OH is 1. The highest BCUT2D eigenvalue weighted by atomic mass is 19.1. The van der Waals surface area contributed by atoms with Crippen LogP contribution in [0.25, 0.3) is 0 Å². The summed E-state index contributed by atoms with van der Waals surface area (Å²) in [5.41, 5.74) is -1.43. The molecule has 62 valence electrons. The van der Waals surface area contributed by atoms with Crippen molar-refractivity contribution in [3.05, 3.63) is 0 Å². The predicted octanol–water partition coefficient (Wildman–Crippen LogP) is 1.13. The van der Waals surface area contributed by atoms with E-state index in [1.54, 1.807) is 6.92 Å². The molecule has 0 aliphatic carbocycles. The van der Waals surface area contributed by atoms with Crippen LogP contribution in [0.2, 0.25) is 0 Å². The first-order valence-corrected chi connectivity index (χ1v) is 3.47. The third-order valence-electron chi connectivity index (χ3n) is 1.67. The highest BCUT2D eigenvalue weighted by molar-refractivity contribution is 4.75. The number of methoxy groups -OCH3 is 1. The van der Waals surface area contributed by atoms with Gasteiger partial charge in [-0.15, -0.1) is 0 Å². The molecule has 10 heavy (non-hydrogen) atoms. The van der Waals surface area contributed by atoms with Crippen molar-refractivity contribution < 1.29 is 14.2 Å². The fraction of sp³-hybridized carbons (Fsp3) is 1.00. The largest absolute Gasteiger partial charge is 0.393 e. The Morgan fingerprint density at radius 1 is 1.60 bits per heavy atom. The minimum absolute atomic E-state index is 0.274. The van der Waals surface area contributed by atoms with E-state index in [-0.39, 0.29) is 6.42 Å². The molecule has 0 aromatic heterocycles. The number of alkyl halides is 1. The molecule has 0 radical (unpaired) electrons. The van der Waals surface area contributed by atoms with Gasteiger partial charge in [-0.2, -0.15) is 0 Å². The summed E-state index contributed by atoms with van der Waals surface area (Å²) in [5.74, 6) is 0. The maximum absolute atomic E-state index is 13.1. The molecule has 1 N–H and O–H groups in total. The normalized spacial score (nSPS) is 16.8. The van der Waals surface area contributed by atoms with E-state index in [9.17, 15) is 4.39 Å². The molecule has 0 aromatic rings. The van der Waals surface area contributed by atoms with Crippen LogP contribution < -0.4 is 0 Å². The molecule has 0 unspecified atom stereocenters. The van der Waals surface area contributed by atoms with Gasteiger partial charge in [-0.25, -0.2) is 4.39 Å². The van der Waals surface area contributed by atoms with Crippen molar-refractivity contribution >= 4 is 0 Å². The Bertz CT molecular complexity index is 81.7. The summed E-state index contributed by atoms with van der Waals surface area (Å²) in [6.45, 7) is 1.67. The first-order chi connectivity index (χ1) is 4.68. The van der Waals surface area contributed by atoms with Crippen LogP contribution in [0.4, 0.5) is 4.39 Å². The highest BCUT2D eigenvalue weighted by Crippen LogP contribution is 2.19. The topological polar surface area (TPSA) is 29.5 Å². The quantitative estimate of drug-likeness (QED) is 0.636. The Balaban J connectivity index is 3.58. The van der Waals surface area contributed by atoms with Gasteiger partial charge in [-0.3, -0.25) is 0 Å². The lowest BCUT2D eigenvalue weighted by Gasteiger charge is -2.19. The highest BCUT2D eigenvalue weighted by Gasteiger charge is 2.25. The van der Waals surface area contributed by atoms with E-state index in [4.69, 9.17) is 9.84 Å². The van der Waals surface area contributed by atoms with E-state index in [1.165, 1.54) is 7.11 Å². The summed E-state index contributed by atoms with van der Waals surface area (Å²) in [6.07, 6.45) is 0.614. The number of hydrogen-bond acceptors (Lipinski definition) is 2. The summed E-state index contributed by atoms with van der Waals surface area (Å²) in [7, 11) is 1.52. The van der Waals surface area contributed by atoms with Gasteiger partial charge in [0.05, 0.1) is 6.61 Å². The van der Waals surface area contributed by atoms with Gasteiger partial charge < -0.3 is 9.84 Å². The van der Waals surface area contributed by atoms with Crippen molar-refractivity contribution in [2.24, 2.45) is 0 Å². The second-order valence-corrected chi connectivity index (χ2v) is 2.41. The van der Waals surface area contributed by atoms with E-state index in [1.807, 2.05) is 0 Å². The lowest BCUT2D eigenvalue weighted by atomic mass is 10.0. The standard InChI is InChI=1S/C7H15FO2/c1-3-7(8,6-9)4-5-10-2/h9H,3-6H2,1-2H3/t7-/m1/s1. The van der Waals surface area contributed by atoms with Crippen LogP contribution in [0.3, 0.4) is 0 Å². The molecule has 0 aliphatic heterocycles. The smallest absolute Gasteiger partial charge is 0.135 e. The SMILES string of the molecule is CC[C@](F)(CO)CCOC. The lowest BCUT2D eigenvalue weighted by Crippen LogP contribution is -2.28. The van der Waals surface area contributed by atoms with Gasteiger partial charge in [0, 0.05) is 20.1 Å². The van der Waals surface area contributed by atoms with Crippen LogP contribution in [-0.4, -0.2) is 31.1 Å². The van der Waals surface area contributed by atoms with Gasteiger partial charge in [-0.1, -0.05) is 6.92 Å². The summed E-state index contributed by atoms with van der Waals surface area (Å²) < 4.78 is 17.8. The maximum Gasteiger partial charge on any atom is 0.135 e. The van der Waals surface area contributed by atoms with Gasteiger partial charge in [0.1, 0.15) is 5.67 Å². The molecule has 0 spiro atoms. The maximum atomic E-state index is 13.1. The predicted molar refractivity (Wildman–Crippen MR) is 37.7 cm³/mol. The van der Waals surface area contributed by atoms with Crippen LogP contribution in [-0.2, 0) is 4.74 Å². The Morgan fingerprint density at radius 2 is 2.20 bits per heavy atom. The van der Waals surface area contributed by atoms with Crippen LogP contribution in [0.1, 0.15) is 19.8 Å². The van der Waals surface area contributed by atoms with Crippen molar-refractivity contribution in [1.82, 2.24) is 0 Å². The van der Waals surface area contributed by atoms with Crippen LogP contribution in [0, 0.1) is 0 Å². The lowest BCUT2D eigenvalue weighted by molar-refractivity contribution is 0.0339. The number of ether oxygens (including phenoxy) is 1. The fourth-order valence-corrected chi connectivity index (χ4v) is 0.653. The Labute approximate surface area is 61.0 Å². The molecule has 0 fully saturated rings. The third kappa shape index (κ3) is 3.13. The van der Waals surface area contributed by atoms with Gasteiger partial charge in [0.15, 0.2) is 0 Å². The fourth-order valence-electron chi connectivity index (χ4n) is 0.653. The molecule has 0 rings (SSSR count). The van der Waals surface area contributed by atoms with E-state index in [2.05, 4.69) is 0 Å². The first-order valence-electron chi connectivity index (χ1n) is 3.47. The summed E-state index contributed by atoms with van der Waals surface area (Å²) in [6, 6.07) is 0. The number of rotatable bonds is 5. The summed E-state index contributed by atoms with van der Waals surface area (Å²) in [5, 5.41) is 8.58. The van der Waals surface area contributed by atoms with Gasteiger partial charge >= 0.3 is 0 Å². The monoisotopic (exact) mass is 150 g/mol. The molecule has 0 amide bonds. The van der Waals surface area contributed by atoms with Crippen LogP contribution in [0.15, 0.2) is 0 Å². The van der Waals surface area contributed by atoms with Crippen molar-refractivity contribution in [1.29, 1.82) is 0 Å². The Hall–Kier alpha value is -0.150. The zero-order chi connectivity index (χ0) is 8.04. The molecular weight excluding hydrogens is 135 g/mol. The average Bonchev–Trinajstić information content (AvgIpc) is 2.00. The second kappa shape index (κ2) is 4.63.